The summed E-state index contributed by atoms with van der Waals surface area (Å²) in [5, 5.41) is 1.12. The lowest BCUT2D eigenvalue weighted by atomic mass is 10.0. The highest BCUT2D eigenvalue weighted by molar-refractivity contribution is 6.28. The number of halogens is 1. The molecule has 1 fully saturated rings. The minimum absolute atomic E-state index is 0.223. The maximum atomic E-state index is 5.92. The summed E-state index contributed by atoms with van der Waals surface area (Å²) >= 11 is 5.92. The Morgan fingerprint density at radius 1 is 1.21 bits per heavy atom. The van der Waals surface area contributed by atoms with Crippen LogP contribution in [-0.2, 0) is 4.74 Å². The lowest BCUT2D eigenvalue weighted by molar-refractivity contribution is 0.0493. The van der Waals surface area contributed by atoms with Gasteiger partial charge in [0.25, 0.3) is 0 Å². The Hall–Kier alpha value is -1.39. The maximum absolute atomic E-state index is 5.92. The van der Waals surface area contributed by atoms with Crippen molar-refractivity contribution in [3.8, 4) is 5.88 Å². The fourth-order valence-electron chi connectivity index (χ4n) is 2.24. The quantitative estimate of drug-likeness (QED) is 0.810. The van der Waals surface area contributed by atoms with Crippen LogP contribution < -0.4 is 4.74 Å². The van der Waals surface area contributed by atoms with Gasteiger partial charge in [0.1, 0.15) is 0 Å². The van der Waals surface area contributed by atoms with E-state index in [4.69, 9.17) is 21.1 Å². The molecule has 0 amide bonds. The Morgan fingerprint density at radius 2 is 2.00 bits per heavy atom. The van der Waals surface area contributed by atoms with E-state index in [1.54, 1.807) is 0 Å². The standard InChI is InChI=1S/C14H15ClN2O2/c15-14-16-12-4-2-1-3-11(12)13(17-14)19-9-10-5-7-18-8-6-10/h1-4,10H,5-9H2. The molecule has 4 nitrogen and oxygen atoms in total. The van der Waals surface area contributed by atoms with E-state index in [9.17, 15) is 0 Å². The average molecular weight is 279 g/mol. The first-order valence-electron chi connectivity index (χ1n) is 6.46. The van der Waals surface area contributed by atoms with Crippen LogP contribution in [0.3, 0.4) is 0 Å². The third-order valence-corrected chi connectivity index (χ3v) is 3.51. The molecule has 0 N–H and O–H groups in total. The summed E-state index contributed by atoms with van der Waals surface area (Å²) in [5.74, 6) is 1.10. The van der Waals surface area contributed by atoms with Gasteiger partial charge in [-0.05, 0) is 42.5 Å². The number of rotatable bonds is 3. The van der Waals surface area contributed by atoms with E-state index in [0.29, 0.717) is 18.4 Å². The minimum Gasteiger partial charge on any atom is -0.477 e. The fourth-order valence-corrected chi connectivity index (χ4v) is 2.41. The molecule has 0 aliphatic carbocycles. The van der Waals surface area contributed by atoms with Gasteiger partial charge >= 0.3 is 0 Å². The van der Waals surface area contributed by atoms with Gasteiger partial charge in [-0.3, -0.25) is 0 Å². The zero-order valence-electron chi connectivity index (χ0n) is 10.5. The van der Waals surface area contributed by atoms with E-state index < -0.39 is 0 Å². The number of ether oxygens (including phenoxy) is 2. The van der Waals surface area contributed by atoms with E-state index >= 15 is 0 Å². The molecule has 5 heteroatoms. The van der Waals surface area contributed by atoms with E-state index in [2.05, 4.69) is 9.97 Å². The zero-order chi connectivity index (χ0) is 13.1. The Balaban J connectivity index is 1.79. The molecule has 2 heterocycles. The number of para-hydroxylation sites is 1. The normalized spacial score (nSPS) is 16.7. The van der Waals surface area contributed by atoms with E-state index in [1.807, 2.05) is 24.3 Å². The molecule has 1 aliphatic heterocycles. The summed E-state index contributed by atoms with van der Waals surface area (Å²) in [5.41, 5.74) is 0.810. The van der Waals surface area contributed by atoms with Gasteiger partial charge in [-0.2, -0.15) is 4.98 Å². The number of fused-ring (bicyclic) bond motifs is 1. The average Bonchev–Trinajstić information content (AvgIpc) is 2.45. The molecule has 1 aromatic heterocycles. The summed E-state index contributed by atoms with van der Waals surface area (Å²) in [7, 11) is 0. The minimum atomic E-state index is 0.223. The highest BCUT2D eigenvalue weighted by Gasteiger charge is 2.16. The van der Waals surface area contributed by atoms with Gasteiger partial charge in [0.05, 0.1) is 17.5 Å². The van der Waals surface area contributed by atoms with Crippen molar-refractivity contribution in [1.82, 2.24) is 9.97 Å². The summed E-state index contributed by atoms with van der Waals surface area (Å²) in [4.78, 5) is 8.37. The van der Waals surface area contributed by atoms with E-state index in [1.165, 1.54) is 0 Å². The van der Waals surface area contributed by atoms with E-state index in [0.717, 1.165) is 37.0 Å². The van der Waals surface area contributed by atoms with Crippen molar-refractivity contribution in [2.45, 2.75) is 12.8 Å². The first kappa shape index (κ1) is 12.6. The molecule has 1 aliphatic rings. The van der Waals surface area contributed by atoms with Crippen LogP contribution in [0.4, 0.5) is 0 Å². The van der Waals surface area contributed by atoms with Crippen molar-refractivity contribution >= 4 is 22.5 Å². The Bertz CT molecular complexity index is 570. The molecule has 1 saturated heterocycles. The summed E-state index contributed by atoms with van der Waals surface area (Å²) in [6.07, 6.45) is 2.08. The summed E-state index contributed by atoms with van der Waals surface area (Å²) < 4.78 is 11.2. The van der Waals surface area contributed by atoms with Crippen LogP contribution in [-0.4, -0.2) is 29.8 Å². The molecule has 0 atom stereocenters. The molecule has 0 saturated carbocycles. The van der Waals surface area contributed by atoms with Crippen molar-refractivity contribution in [3.05, 3.63) is 29.5 Å². The number of nitrogens with zero attached hydrogens (tertiary/aromatic N) is 2. The predicted molar refractivity (Wildman–Crippen MR) is 73.6 cm³/mol. The molecule has 19 heavy (non-hydrogen) atoms. The number of hydrogen-bond acceptors (Lipinski definition) is 4. The smallest absolute Gasteiger partial charge is 0.226 e. The highest BCUT2D eigenvalue weighted by Crippen LogP contribution is 2.25. The SMILES string of the molecule is Clc1nc(OCC2CCOCC2)c2ccccc2n1. The lowest BCUT2D eigenvalue weighted by Gasteiger charge is -2.22. The summed E-state index contributed by atoms with van der Waals surface area (Å²) in [6.45, 7) is 2.29. The Kier molecular flexibility index (Phi) is 3.80. The van der Waals surface area contributed by atoms with Crippen molar-refractivity contribution in [1.29, 1.82) is 0 Å². The van der Waals surface area contributed by atoms with Gasteiger partial charge in [0.2, 0.25) is 11.2 Å². The largest absolute Gasteiger partial charge is 0.477 e. The van der Waals surface area contributed by atoms with Crippen molar-refractivity contribution in [2.75, 3.05) is 19.8 Å². The number of benzene rings is 1. The van der Waals surface area contributed by atoms with Crippen LogP contribution in [0, 0.1) is 5.92 Å². The maximum Gasteiger partial charge on any atom is 0.226 e. The number of aromatic nitrogens is 2. The molecular weight excluding hydrogens is 264 g/mol. The highest BCUT2D eigenvalue weighted by atomic mass is 35.5. The predicted octanol–water partition coefficient (Wildman–Crippen LogP) is 3.09. The summed E-state index contributed by atoms with van der Waals surface area (Å²) in [6, 6.07) is 7.73. The Labute approximate surface area is 116 Å². The molecule has 0 spiro atoms. The zero-order valence-corrected chi connectivity index (χ0v) is 11.3. The molecular formula is C14H15ClN2O2. The van der Waals surface area contributed by atoms with Gasteiger partial charge in [-0.25, -0.2) is 4.98 Å². The van der Waals surface area contributed by atoms with Crippen LogP contribution in [0.1, 0.15) is 12.8 Å². The first-order chi connectivity index (χ1) is 9.33. The lowest BCUT2D eigenvalue weighted by Crippen LogP contribution is -2.21. The molecule has 0 radical (unpaired) electrons. The van der Waals surface area contributed by atoms with Crippen LogP contribution in [0.2, 0.25) is 5.28 Å². The van der Waals surface area contributed by atoms with Gasteiger partial charge in [0.15, 0.2) is 0 Å². The fraction of sp³-hybridized carbons (Fsp3) is 0.429. The third-order valence-electron chi connectivity index (χ3n) is 3.34. The van der Waals surface area contributed by atoms with Crippen LogP contribution in [0.15, 0.2) is 24.3 Å². The number of hydrogen-bond donors (Lipinski definition) is 0. The van der Waals surface area contributed by atoms with Gasteiger partial charge < -0.3 is 9.47 Å². The van der Waals surface area contributed by atoms with Crippen LogP contribution in [0.5, 0.6) is 5.88 Å². The third kappa shape index (κ3) is 2.96. The topological polar surface area (TPSA) is 44.2 Å². The van der Waals surface area contributed by atoms with Crippen LogP contribution in [0.25, 0.3) is 10.9 Å². The van der Waals surface area contributed by atoms with Crippen molar-refractivity contribution in [3.63, 3.8) is 0 Å². The van der Waals surface area contributed by atoms with Gasteiger partial charge in [-0.1, -0.05) is 12.1 Å². The Morgan fingerprint density at radius 3 is 2.84 bits per heavy atom. The second-order valence-electron chi connectivity index (χ2n) is 4.68. The van der Waals surface area contributed by atoms with Gasteiger partial charge in [-0.15, -0.1) is 0 Å². The molecule has 1 aromatic carbocycles. The second-order valence-corrected chi connectivity index (χ2v) is 5.02. The van der Waals surface area contributed by atoms with Crippen LogP contribution >= 0.6 is 11.6 Å². The van der Waals surface area contributed by atoms with Gasteiger partial charge in [0, 0.05) is 13.2 Å². The molecule has 100 valence electrons. The monoisotopic (exact) mass is 278 g/mol. The molecule has 0 unspecified atom stereocenters. The van der Waals surface area contributed by atoms with Crippen molar-refractivity contribution < 1.29 is 9.47 Å². The first-order valence-corrected chi connectivity index (χ1v) is 6.83. The second kappa shape index (κ2) is 5.72. The molecule has 2 aromatic rings. The van der Waals surface area contributed by atoms with E-state index in [-0.39, 0.29) is 5.28 Å². The molecule has 0 bridgehead atoms. The van der Waals surface area contributed by atoms with Crippen molar-refractivity contribution in [2.24, 2.45) is 5.92 Å². The molecule has 3 rings (SSSR count).